The third-order valence-corrected chi connectivity index (χ3v) is 19.7. The van der Waals surface area contributed by atoms with Gasteiger partial charge in [-0.15, -0.1) is 0 Å². The van der Waals surface area contributed by atoms with Gasteiger partial charge >= 0.3 is 39.5 Å². The summed E-state index contributed by atoms with van der Waals surface area (Å²) in [6, 6.07) is 0. The first-order valence-electron chi connectivity index (χ1n) is 39.6. The van der Waals surface area contributed by atoms with Crippen LogP contribution in [0.2, 0.25) is 0 Å². The molecule has 0 aromatic carbocycles. The van der Waals surface area contributed by atoms with Gasteiger partial charge in [-0.3, -0.25) is 37.3 Å². The fourth-order valence-corrected chi connectivity index (χ4v) is 13.3. The predicted octanol–water partition coefficient (Wildman–Crippen LogP) is 22.5. The number of carbonyl (C=O) groups excluding carboxylic acids is 4. The van der Waals surface area contributed by atoms with E-state index in [9.17, 15) is 43.2 Å². The van der Waals surface area contributed by atoms with Crippen molar-refractivity contribution in [2.45, 2.75) is 419 Å². The van der Waals surface area contributed by atoms with Crippen molar-refractivity contribution in [1.29, 1.82) is 0 Å². The number of aliphatic hydroxyl groups excluding tert-OH is 1. The van der Waals surface area contributed by atoms with Crippen LogP contribution in [0.1, 0.15) is 401 Å². The van der Waals surface area contributed by atoms with E-state index in [4.69, 9.17) is 37.0 Å². The molecule has 19 heteroatoms. The van der Waals surface area contributed by atoms with E-state index >= 15 is 0 Å². The first-order chi connectivity index (χ1) is 46.0. The van der Waals surface area contributed by atoms with Crippen LogP contribution < -0.4 is 0 Å². The number of rotatable bonds is 76. The minimum Gasteiger partial charge on any atom is -0.462 e. The Bertz CT molecular complexity index is 1820. The first-order valence-corrected chi connectivity index (χ1v) is 42.6. The van der Waals surface area contributed by atoms with E-state index in [2.05, 4.69) is 34.6 Å². The quantitative estimate of drug-likeness (QED) is 0.0222. The number of carbonyl (C=O) groups is 4. The molecule has 0 saturated carbocycles. The van der Waals surface area contributed by atoms with Crippen molar-refractivity contribution in [1.82, 2.24) is 0 Å². The Hall–Kier alpha value is -1.94. The third-order valence-electron chi connectivity index (χ3n) is 17.8. The van der Waals surface area contributed by atoms with Gasteiger partial charge in [-0.2, -0.15) is 0 Å². The summed E-state index contributed by atoms with van der Waals surface area (Å²) in [5, 5.41) is 10.6. The number of hydrogen-bond donors (Lipinski definition) is 3. The average Bonchev–Trinajstić information content (AvgIpc) is 1.68. The maximum atomic E-state index is 13.1. The van der Waals surface area contributed by atoms with Crippen molar-refractivity contribution in [2.24, 2.45) is 5.92 Å². The van der Waals surface area contributed by atoms with Gasteiger partial charge in [-0.05, 0) is 31.6 Å². The van der Waals surface area contributed by atoms with E-state index in [-0.39, 0.29) is 25.7 Å². The molecule has 17 nitrogen and oxygen atoms in total. The van der Waals surface area contributed by atoms with Crippen LogP contribution in [0, 0.1) is 5.92 Å². The molecular formula is C76H148O17P2. The van der Waals surface area contributed by atoms with E-state index in [0.29, 0.717) is 25.7 Å². The maximum Gasteiger partial charge on any atom is 0.472 e. The summed E-state index contributed by atoms with van der Waals surface area (Å²) < 4.78 is 68.4. The third kappa shape index (κ3) is 70.3. The summed E-state index contributed by atoms with van der Waals surface area (Å²) in [7, 11) is -9.90. The second kappa shape index (κ2) is 69.2. The van der Waals surface area contributed by atoms with Crippen LogP contribution in [0.15, 0.2) is 0 Å². The minimum atomic E-state index is -4.96. The number of hydrogen-bond acceptors (Lipinski definition) is 15. The van der Waals surface area contributed by atoms with Gasteiger partial charge in [0, 0.05) is 25.7 Å². The molecule has 0 rings (SSSR count). The summed E-state index contributed by atoms with van der Waals surface area (Å²) >= 11 is 0. The summed E-state index contributed by atoms with van der Waals surface area (Å²) in [5.74, 6) is -1.35. The molecule has 0 aromatic rings. The highest BCUT2D eigenvalue weighted by Crippen LogP contribution is 2.45. The van der Waals surface area contributed by atoms with Crippen molar-refractivity contribution in [3.8, 4) is 0 Å². The molecule has 5 atom stereocenters. The van der Waals surface area contributed by atoms with Gasteiger partial charge in [0.2, 0.25) is 0 Å². The van der Waals surface area contributed by atoms with E-state index in [1.54, 1.807) is 0 Å². The zero-order valence-corrected chi connectivity index (χ0v) is 63.6. The van der Waals surface area contributed by atoms with Crippen LogP contribution in [0.25, 0.3) is 0 Å². The Labute approximate surface area is 581 Å². The summed E-state index contributed by atoms with van der Waals surface area (Å²) in [4.78, 5) is 72.6. The minimum absolute atomic E-state index is 0.108. The molecule has 0 bridgehead atoms. The van der Waals surface area contributed by atoms with E-state index in [1.165, 1.54) is 212 Å². The number of unbranched alkanes of at least 4 members (excludes halogenated alkanes) is 48. The zero-order chi connectivity index (χ0) is 69.8. The Morgan fingerprint density at radius 2 is 0.484 bits per heavy atom. The Morgan fingerprint density at radius 1 is 0.284 bits per heavy atom. The summed E-state index contributed by atoms with van der Waals surface area (Å²) in [6.07, 6.45) is 58.5. The Balaban J connectivity index is 5.16. The average molecular weight is 1400 g/mol. The molecule has 95 heavy (non-hydrogen) atoms. The van der Waals surface area contributed by atoms with Crippen LogP contribution in [-0.2, 0) is 65.4 Å². The van der Waals surface area contributed by atoms with Crippen LogP contribution in [0.4, 0.5) is 0 Å². The molecule has 0 heterocycles. The topological polar surface area (TPSA) is 237 Å². The molecule has 0 radical (unpaired) electrons. The number of esters is 4. The highest BCUT2D eigenvalue weighted by atomic mass is 31.2. The first kappa shape index (κ1) is 93.1. The highest BCUT2D eigenvalue weighted by Gasteiger charge is 2.30. The predicted molar refractivity (Wildman–Crippen MR) is 386 cm³/mol. The lowest BCUT2D eigenvalue weighted by Gasteiger charge is -2.21. The summed E-state index contributed by atoms with van der Waals surface area (Å²) in [5.41, 5.74) is 0. The molecule has 0 spiro atoms. The highest BCUT2D eigenvalue weighted by molar-refractivity contribution is 7.47. The fraction of sp³-hybridized carbons (Fsp3) is 0.947. The van der Waals surface area contributed by atoms with Gasteiger partial charge < -0.3 is 33.8 Å². The molecule has 3 N–H and O–H groups in total. The van der Waals surface area contributed by atoms with Crippen LogP contribution in [0.5, 0.6) is 0 Å². The number of aliphatic hydroxyl groups is 1. The monoisotopic (exact) mass is 1400 g/mol. The molecule has 0 aliphatic carbocycles. The Kier molecular flexibility index (Phi) is 67.7. The standard InChI is InChI=1S/C76H148O17P2/c1-6-9-12-15-18-20-22-24-25-26-27-28-29-30-31-33-37-42-47-52-57-62-76(81)93-72(66-87-74(79)60-55-50-45-40-38-34-35-39-44-48-53-58-69(4)5)68-91-95(84,85)89-64-70(77)63-88-94(82,83)90-67-71(65-86-73(78)59-54-49-43-17-14-11-8-3)92-75(80)61-56-51-46-41-36-32-23-21-19-16-13-10-7-2/h69-72,77H,6-68H2,1-5H3,(H,82,83)(H,84,85)/t70-,71+,72+/m0/s1. The zero-order valence-electron chi connectivity index (χ0n) is 61.8. The molecule has 0 aliphatic heterocycles. The SMILES string of the molecule is CCCCCCCCCCCCCCCCCCCCCCCC(=O)O[C@H](COC(=O)CCCCCCCCCCCCCC(C)C)COP(=O)(O)OC[C@@H](O)COP(=O)(O)OC[C@@H](COC(=O)CCCCCCCCC)OC(=O)CCCCCCCCCCCCCCC. The van der Waals surface area contributed by atoms with Crippen LogP contribution in [-0.4, -0.2) is 96.7 Å². The second-order valence-corrected chi connectivity index (χ2v) is 30.8. The smallest absolute Gasteiger partial charge is 0.462 e. The van der Waals surface area contributed by atoms with Gasteiger partial charge in [0.1, 0.15) is 19.3 Å². The molecule has 0 amide bonds. The van der Waals surface area contributed by atoms with Gasteiger partial charge in [-0.25, -0.2) is 9.13 Å². The molecule has 564 valence electrons. The largest absolute Gasteiger partial charge is 0.472 e. The Morgan fingerprint density at radius 3 is 0.716 bits per heavy atom. The van der Waals surface area contributed by atoms with Gasteiger partial charge in [0.15, 0.2) is 12.2 Å². The van der Waals surface area contributed by atoms with Gasteiger partial charge in [0.05, 0.1) is 26.4 Å². The molecular weight excluding hydrogens is 1250 g/mol. The van der Waals surface area contributed by atoms with Crippen LogP contribution >= 0.6 is 15.6 Å². The van der Waals surface area contributed by atoms with Crippen molar-refractivity contribution in [3.63, 3.8) is 0 Å². The van der Waals surface area contributed by atoms with E-state index < -0.39 is 97.5 Å². The van der Waals surface area contributed by atoms with Crippen molar-refractivity contribution in [3.05, 3.63) is 0 Å². The lowest BCUT2D eigenvalue weighted by molar-refractivity contribution is -0.161. The van der Waals surface area contributed by atoms with Crippen molar-refractivity contribution in [2.75, 3.05) is 39.6 Å². The number of phosphoric acid groups is 2. The molecule has 2 unspecified atom stereocenters. The van der Waals surface area contributed by atoms with Crippen molar-refractivity contribution < 1.29 is 80.2 Å². The summed E-state index contributed by atoms with van der Waals surface area (Å²) in [6.45, 7) is 7.25. The maximum absolute atomic E-state index is 13.1. The van der Waals surface area contributed by atoms with Gasteiger partial charge in [0.25, 0.3) is 0 Å². The van der Waals surface area contributed by atoms with E-state index in [1.807, 2.05) is 0 Å². The molecule has 0 aromatic heterocycles. The molecule has 0 aliphatic rings. The normalized spacial score (nSPS) is 13.9. The molecule has 0 fully saturated rings. The van der Waals surface area contributed by atoms with E-state index in [0.717, 1.165) is 109 Å². The van der Waals surface area contributed by atoms with Gasteiger partial charge in [-0.1, -0.05) is 349 Å². The molecule has 0 saturated heterocycles. The lowest BCUT2D eigenvalue weighted by Crippen LogP contribution is -2.30. The number of ether oxygens (including phenoxy) is 4. The second-order valence-electron chi connectivity index (χ2n) is 27.9. The van der Waals surface area contributed by atoms with Crippen molar-refractivity contribution >= 4 is 39.5 Å². The fourth-order valence-electron chi connectivity index (χ4n) is 11.7. The number of phosphoric ester groups is 2. The lowest BCUT2D eigenvalue weighted by atomic mass is 10.0. The van der Waals surface area contributed by atoms with Crippen LogP contribution in [0.3, 0.4) is 0 Å².